The Hall–Kier alpha value is -3.99. The normalized spacial score (nSPS) is 24.5. The molecule has 4 fully saturated rings. The van der Waals surface area contributed by atoms with Crippen LogP contribution in [0.25, 0.3) is 11.3 Å². The van der Waals surface area contributed by atoms with E-state index in [2.05, 4.69) is 17.9 Å². The summed E-state index contributed by atoms with van der Waals surface area (Å²) in [5, 5.41) is 0. The Morgan fingerprint density at radius 3 is 2.34 bits per heavy atom. The molecule has 0 bridgehead atoms. The summed E-state index contributed by atoms with van der Waals surface area (Å²) >= 11 is 0. The standard InChI is InChI=1S/C39H52N6O5/c1-4-43-19-21-44(22-20-43)39(47)50-32-13-11-30(12-14-32)38(46)45(36-23-31(17-18-40-36)34-25-49-37(42-34)29-9-10-29)24-27-5-7-28(8-6-27)33-15-16-35(48-3)26(2)41-33/h15-18,23,25,27-30,32H,4-14,19-22,24H2,1-3H3. The molecule has 50 heavy (non-hydrogen) atoms. The first-order valence-electron chi connectivity index (χ1n) is 18.8. The number of piperazine rings is 1. The maximum atomic E-state index is 14.5. The van der Waals surface area contributed by atoms with Crippen LogP contribution >= 0.6 is 0 Å². The van der Waals surface area contributed by atoms with E-state index in [0.29, 0.717) is 68.9 Å². The van der Waals surface area contributed by atoms with Gasteiger partial charge in [0.05, 0.1) is 12.8 Å². The van der Waals surface area contributed by atoms with Crippen molar-refractivity contribution in [1.82, 2.24) is 24.8 Å². The molecule has 4 aliphatic rings. The molecule has 0 atom stereocenters. The van der Waals surface area contributed by atoms with Crippen molar-refractivity contribution in [1.29, 1.82) is 0 Å². The molecule has 0 spiro atoms. The number of aromatic nitrogens is 3. The molecule has 3 aromatic rings. The minimum atomic E-state index is -0.216. The topological polar surface area (TPSA) is 114 Å². The molecule has 4 heterocycles. The second-order valence-corrected chi connectivity index (χ2v) is 14.7. The van der Waals surface area contributed by atoms with Crippen LogP contribution in [-0.4, -0.2) is 89.2 Å². The Bertz CT molecular complexity index is 1620. The quantitative estimate of drug-likeness (QED) is 0.224. The third-order valence-electron chi connectivity index (χ3n) is 11.4. The average Bonchev–Trinajstić information content (AvgIpc) is 3.89. The first kappa shape index (κ1) is 34.5. The highest BCUT2D eigenvalue weighted by atomic mass is 16.6. The van der Waals surface area contributed by atoms with Gasteiger partial charge in [0.2, 0.25) is 5.91 Å². The molecule has 0 aromatic carbocycles. The van der Waals surface area contributed by atoms with Gasteiger partial charge in [-0.25, -0.2) is 14.8 Å². The summed E-state index contributed by atoms with van der Waals surface area (Å²) in [6.45, 7) is 8.95. The molecule has 1 saturated heterocycles. The summed E-state index contributed by atoms with van der Waals surface area (Å²) in [5.74, 6) is 3.45. The Morgan fingerprint density at radius 1 is 0.920 bits per heavy atom. The number of anilines is 1. The summed E-state index contributed by atoms with van der Waals surface area (Å²) in [4.78, 5) is 47.9. The lowest BCUT2D eigenvalue weighted by atomic mass is 9.79. The smallest absolute Gasteiger partial charge is 0.410 e. The van der Waals surface area contributed by atoms with Gasteiger partial charge in [-0.05, 0) is 108 Å². The highest BCUT2D eigenvalue weighted by molar-refractivity contribution is 5.94. The molecule has 7 rings (SSSR count). The van der Waals surface area contributed by atoms with Crippen LogP contribution in [0.15, 0.2) is 41.1 Å². The number of pyridine rings is 2. The molecule has 0 radical (unpaired) electrons. The van der Waals surface area contributed by atoms with Gasteiger partial charge in [0, 0.05) is 67.9 Å². The van der Waals surface area contributed by atoms with E-state index in [1.54, 1.807) is 19.6 Å². The second kappa shape index (κ2) is 15.5. The number of aryl methyl sites for hydroxylation is 1. The lowest BCUT2D eigenvalue weighted by Crippen LogP contribution is -2.49. The van der Waals surface area contributed by atoms with Crippen LogP contribution in [-0.2, 0) is 9.53 Å². The van der Waals surface area contributed by atoms with Crippen molar-refractivity contribution in [3.05, 3.63) is 54.0 Å². The van der Waals surface area contributed by atoms with Gasteiger partial charge in [-0.1, -0.05) is 6.92 Å². The fourth-order valence-corrected chi connectivity index (χ4v) is 7.98. The number of hydrogen-bond donors (Lipinski definition) is 0. The number of methoxy groups -OCH3 is 1. The molecule has 0 N–H and O–H groups in total. The number of likely N-dealkylation sites (N-methyl/N-ethyl adjacent to an activating group) is 1. The minimum absolute atomic E-state index is 0.114. The van der Waals surface area contributed by atoms with Gasteiger partial charge < -0.3 is 23.7 Å². The van der Waals surface area contributed by atoms with E-state index < -0.39 is 0 Å². The average molecular weight is 685 g/mol. The van der Waals surface area contributed by atoms with Gasteiger partial charge in [-0.2, -0.15) is 0 Å². The van der Waals surface area contributed by atoms with Crippen molar-refractivity contribution < 1.29 is 23.5 Å². The summed E-state index contributed by atoms with van der Waals surface area (Å²) < 4.78 is 17.2. The second-order valence-electron chi connectivity index (χ2n) is 14.7. The number of carbonyl (C=O) groups is 2. The zero-order valence-corrected chi connectivity index (χ0v) is 29.9. The Morgan fingerprint density at radius 2 is 1.66 bits per heavy atom. The fraction of sp³-hybridized carbons (Fsp3) is 0.615. The number of rotatable bonds is 10. The van der Waals surface area contributed by atoms with Gasteiger partial charge in [0.25, 0.3) is 0 Å². The van der Waals surface area contributed by atoms with Gasteiger partial charge in [0.15, 0.2) is 5.89 Å². The Labute approximate surface area is 295 Å². The SMILES string of the molecule is CCN1CCN(C(=O)OC2CCC(C(=O)N(CC3CCC(c4ccc(OC)c(C)n4)CC3)c3cc(-c4coc(C5CC5)n4)ccn3)CC2)CC1. The molecular formula is C39H52N6O5. The monoisotopic (exact) mass is 684 g/mol. The van der Waals surface area contributed by atoms with Crippen molar-refractivity contribution in [3.8, 4) is 17.0 Å². The maximum absolute atomic E-state index is 14.5. The van der Waals surface area contributed by atoms with Crippen LogP contribution in [0.1, 0.15) is 100 Å². The zero-order chi connectivity index (χ0) is 34.6. The molecule has 1 aliphatic heterocycles. The summed E-state index contributed by atoms with van der Waals surface area (Å²) in [7, 11) is 1.68. The van der Waals surface area contributed by atoms with E-state index in [1.165, 1.54) is 0 Å². The first-order valence-corrected chi connectivity index (χ1v) is 18.8. The van der Waals surface area contributed by atoms with Crippen molar-refractivity contribution in [2.75, 3.05) is 51.3 Å². The summed E-state index contributed by atoms with van der Waals surface area (Å²) in [6.07, 6.45) is 12.3. The number of ether oxygens (including phenoxy) is 2. The van der Waals surface area contributed by atoms with E-state index in [1.807, 2.05) is 34.9 Å². The van der Waals surface area contributed by atoms with Crippen molar-refractivity contribution in [2.24, 2.45) is 11.8 Å². The minimum Gasteiger partial charge on any atom is -0.495 e. The van der Waals surface area contributed by atoms with Crippen LogP contribution in [0, 0.1) is 18.8 Å². The van der Waals surface area contributed by atoms with Crippen LogP contribution in [0.2, 0.25) is 0 Å². The van der Waals surface area contributed by atoms with Crippen molar-refractivity contribution in [3.63, 3.8) is 0 Å². The predicted molar refractivity (Wildman–Crippen MR) is 190 cm³/mol. The summed E-state index contributed by atoms with van der Waals surface area (Å²) in [5.41, 5.74) is 3.74. The van der Waals surface area contributed by atoms with E-state index in [-0.39, 0.29) is 24.0 Å². The van der Waals surface area contributed by atoms with E-state index >= 15 is 0 Å². The highest BCUT2D eigenvalue weighted by Crippen LogP contribution is 2.41. The number of amides is 2. The van der Waals surface area contributed by atoms with E-state index in [9.17, 15) is 9.59 Å². The Kier molecular flexibility index (Phi) is 10.7. The van der Waals surface area contributed by atoms with E-state index in [4.69, 9.17) is 28.8 Å². The largest absolute Gasteiger partial charge is 0.495 e. The molecule has 3 aromatic heterocycles. The van der Waals surface area contributed by atoms with E-state index in [0.717, 1.165) is 92.4 Å². The third kappa shape index (κ3) is 7.98. The van der Waals surface area contributed by atoms with Gasteiger partial charge in [-0.3, -0.25) is 14.7 Å². The molecular weight excluding hydrogens is 632 g/mol. The predicted octanol–water partition coefficient (Wildman–Crippen LogP) is 6.97. The maximum Gasteiger partial charge on any atom is 0.410 e. The molecule has 3 aliphatic carbocycles. The van der Waals surface area contributed by atoms with Gasteiger partial charge >= 0.3 is 6.09 Å². The van der Waals surface area contributed by atoms with Gasteiger partial charge in [-0.15, -0.1) is 0 Å². The Balaban J connectivity index is 1.02. The van der Waals surface area contributed by atoms with Crippen molar-refractivity contribution >= 4 is 17.8 Å². The van der Waals surface area contributed by atoms with Crippen LogP contribution in [0.5, 0.6) is 5.75 Å². The number of oxazole rings is 1. The first-order chi connectivity index (χ1) is 24.4. The van der Waals surface area contributed by atoms with Gasteiger partial charge in [0.1, 0.15) is 29.6 Å². The van der Waals surface area contributed by atoms with Crippen LogP contribution < -0.4 is 9.64 Å². The molecule has 0 unspecified atom stereocenters. The highest BCUT2D eigenvalue weighted by Gasteiger charge is 2.35. The number of hydrogen-bond acceptors (Lipinski definition) is 9. The van der Waals surface area contributed by atoms with Crippen LogP contribution in [0.4, 0.5) is 10.6 Å². The molecule has 2 amide bonds. The molecule has 3 saturated carbocycles. The zero-order valence-electron chi connectivity index (χ0n) is 29.9. The fourth-order valence-electron chi connectivity index (χ4n) is 7.98. The number of nitrogens with zero attached hydrogens (tertiary/aromatic N) is 6. The lowest BCUT2D eigenvalue weighted by Gasteiger charge is -2.36. The summed E-state index contributed by atoms with van der Waals surface area (Å²) in [6, 6.07) is 8.06. The molecule has 268 valence electrons. The number of carbonyl (C=O) groups excluding carboxylic acids is 2. The van der Waals surface area contributed by atoms with Crippen LogP contribution in [0.3, 0.4) is 0 Å². The molecule has 11 nitrogen and oxygen atoms in total. The molecule has 11 heteroatoms. The lowest BCUT2D eigenvalue weighted by molar-refractivity contribution is -0.124. The van der Waals surface area contributed by atoms with Crippen molar-refractivity contribution in [2.45, 2.75) is 96.0 Å². The third-order valence-corrected chi connectivity index (χ3v) is 11.4.